The van der Waals surface area contributed by atoms with Gasteiger partial charge in [0.05, 0.1) is 0 Å². The Bertz CT molecular complexity index is 2170. The lowest BCUT2D eigenvalue weighted by molar-refractivity contribution is 0.667. The molecule has 0 aliphatic rings. The molecule has 2 aromatic heterocycles. The molecule has 0 fully saturated rings. The first-order valence-electron chi connectivity index (χ1n) is 12.7. The van der Waals surface area contributed by atoms with E-state index in [0.29, 0.717) is 0 Å². The molecule has 1 atom stereocenters. The zero-order chi connectivity index (χ0) is 25.2. The van der Waals surface area contributed by atoms with Gasteiger partial charge in [0.1, 0.15) is 11.2 Å². The molecular weight excluding hydrogens is 548 g/mol. The van der Waals surface area contributed by atoms with Gasteiger partial charge in [-0.2, -0.15) is 0 Å². The molecule has 1 nitrogen and oxygen atoms in total. The van der Waals surface area contributed by atoms with Crippen molar-refractivity contribution in [2.75, 3.05) is 0 Å². The Morgan fingerprint density at radius 2 is 1.16 bits per heavy atom. The van der Waals surface area contributed by atoms with Crippen LogP contribution in [0.4, 0.5) is 0 Å². The smallest absolute Gasteiger partial charge is 0.136 e. The van der Waals surface area contributed by atoms with E-state index >= 15 is 0 Å². The molecular formula is C35H21BrOS. The van der Waals surface area contributed by atoms with Crippen LogP contribution in [0.25, 0.3) is 52.9 Å². The number of furan rings is 1. The monoisotopic (exact) mass is 568 g/mol. The van der Waals surface area contributed by atoms with Crippen LogP contribution in [0, 0.1) is 0 Å². The molecule has 2 heterocycles. The summed E-state index contributed by atoms with van der Waals surface area (Å²) in [5.74, 6) is 0.0759. The first kappa shape index (κ1) is 22.1. The summed E-state index contributed by atoms with van der Waals surface area (Å²) in [5.41, 5.74) is 5.61. The zero-order valence-corrected chi connectivity index (χ0v) is 22.7. The van der Waals surface area contributed by atoms with Crippen molar-refractivity contribution in [3.05, 3.63) is 142 Å². The van der Waals surface area contributed by atoms with Gasteiger partial charge in [0.15, 0.2) is 0 Å². The van der Waals surface area contributed by atoms with Gasteiger partial charge in [0.2, 0.25) is 0 Å². The molecule has 0 aliphatic carbocycles. The van der Waals surface area contributed by atoms with Crippen LogP contribution in [0.15, 0.2) is 130 Å². The van der Waals surface area contributed by atoms with Crippen LogP contribution in [0.2, 0.25) is 0 Å². The fourth-order valence-electron chi connectivity index (χ4n) is 5.83. The Morgan fingerprint density at radius 3 is 2.08 bits per heavy atom. The van der Waals surface area contributed by atoms with Crippen LogP contribution in [-0.2, 0) is 0 Å². The number of benzene rings is 6. The minimum Gasteiger partial charge on any atom is -0.456 e. The van der Waals surface area contributed by atoms with Gasteiger partial charge in [0, 0.05) is 41.3 Å². The largest absolute Gasteiger partial charge is 0.456 e. The predicted octanol–water partition coefficient (Wildman–Crippen LogP) is 11.0. The third-order valence-corrected chi connectivity index (χ3v) is 9.28. The summed E-state index contributed by atoms with van der Waals surface area (Å²) in [5, 5.41) is 7.45. The average Bonchev–Trinajstić information content (AvgIpc) is 3.50. The quantitative estimate of drug-likeness (QED) is 0.193. The molecule has 8 aromatic rings. The van der Waals surface area contributed by atoms with E-state index in [9.17, 15) is 0 Å². The lowest BCUT2D eigenvalue weighted by Gasteiger charge is -2.20. The molecule has 8 rings (SSSR count). The summed E-state index contributed by atoms with van der Waals surface area (Å²) in [6.07, 6.45) is 0. The molecule has 0 amide bonds. The number of rotatable bonds is 3. The summed E-state index contributed by atoms with van der Waals surface area (Å²) in [7, 11) is 0. The van der Waals surface area contributed by atoms with Crippen molar-refractivity contribution in [2.24, 2.45) is 0 Å². The maximum Gasteiger partial charge on any atom is 0.136 e. The second kappa shape index (κ2) is 8.56. The number of fused-ring (bicyclic) bond motifs is 7. The van der Waals surface area contributed by atoms with E-state index in [2.05, 4.69) is 131 Å². The van der Waals surface area contributed by atoms with Crippen molar-refractivity contribution in [2.45, 2.75) is 5.92 Å². The number of thiophene rings is 1. The van der Waals surface area contributed by atoms with Crippen LogP contribution in [0.5, 0.6) is 0 Å². The molecule has 180 valence electrons. The Morgan fingerprint density at radius 1 is 0.500 bits per heavy atom. The van der Waals surface area contributed by atoms with Gasteiger partial charge in [-0.05, 0) is 69.9 Å². The maximum absolute atomic E-state index is 6.35. The van der Waals surface area contributed by atoms with Crippen molar-refractivity contribution in [3.63, 3.8) is 0 Å². The van der Waals surface area contributed by atoms with Crippen LogP contribution < -0.4 is 0 Å². The fourth-order valence-corrected chi connectivity index (χ4v) is 7.26. The molecule has 0 saturated carbocycles. The Balaban J connectivity index is 1.38. The van der Waals surface area contributed by atoms with Crippen LogP contribution >= 0.6 is 27.3 Å². The topological polar surface area (TPSA) is 13.1 Å². The van der Waals surface area contributed by atoms with Gasteiger partial charge < -0.3 is 4.42 Å². The van der Waals surface area contributed by atoms with Gasteiger partial charge in [-0.15, -0.1) is 11.3 Å². The summed E-state index contributed by atoms with van der Waals surface area (Å²) in [6, 6.07) is 44.1. The molecule has 38 heavy (non-hydrogen) atoms. The third kappa shape index (κ3) is 3.50. The van der Waals surface area contributed by atoms with Crippen molar-refractivity contribution in [1.29, 1.82) is 0 Å². The molecule has 0 N–H and O–H groups in total. The fraction of sp³-hybridized carbons (Fsp3) is 0.0286. The van der Waals surface area contributed by atoms with Crippen LogP contribution in [0.3, 0.4) is 0 Å². The number of halogens is 1. The normalized spacial score (nSPS) is 12.8. The van der Waals surface area contributed by atoms with Crippen molar-refractivity contribution in [3.8, 4) is 0 Å². The third-order valence-electron chi connectivity index (χ3n) is 7.63. The SMILES string of the molecule is Brc1ccc2c(c1)oc1cc(C(c3ccc4ccccc4c3)c3ccc4sc5ccccc5c4c3)ccc12. The van der Waals surface area contributed by atoms with E-state index in [1.54, 1.807) is 0 Å². The minimum atomic E-state index is 0.0759. The second-order valence-corrected chi connectivity index (χ2v) is 11.9. The number of hydrogen-bond donors (Lipinski definition) is 0. The van der Waals surface area contributed by atoms with E-state index < -0.39 is 0 Å². The molecule has 0 radical (unpaired) electrons. The standard InChI is InChI=1S/C35H21BrOS/c36-26-13-15-28-27-14-11-25(19-31(27)37-32(28)20-26)35(23-10-9-21-5-1-2-6-22(21)17-23)24-12-16-34-30(18-24)29-7-3-4-8-33(29)38-34/h1-20,35H. The lowest BCUT2D eigenvalue weighted by Crippen LogP contribution is -2.03. The molecule has 0 bridgehead atoms. The maximum atomic E-state index is 6.35. The molecule has 0 aliphatic heterocycles. The summed E-state index contributed by atoms with van der Waals surface area (Å²) >= 11 is 5.44. The zero-order valence-electron chi connectivity index (χ0n) is 20.3. The number of hydrogen-bond acceptors (Lipinski definition) is 2. The van der Waals surface area contributed by atoms with Crippen LogP contribution in [0.1, 0.15) is 22.6 Å². The molecule has 0 spiro atoms. The second-order valence-electron chi connectivity index (χ2n) is 9.89. The summed E-state index contributed by atoms with van der Waals surface area (Å²) in [4.78, 5) is 0. The van der Waals surface area contributed by atoms with Crippen molar-refractivity contribution in [1.82, 2.24) is 0 Å². The van der Waals surface area contributed by atoms with E-state index in [1.165, 1.54) is 47.6 Å². The summed E-state index contributed by atoms with van der Waals surface area (Å²) in [6.45, 7) is 0. The lowest BCUT2D eigenvalue weighted by atomic mass is 9.83. The van der Waals surface area contributed by atoms with E-state index in [1.807, 2.05) is 17.4 Å². The van der Waals surface area contributed by atoms with Crippen LogP contribution in [-0.4, -0.2) is 0 Å². The molecule has 3 heteroatoms. The Labute approximate surface area is 232 Å². The highest BCUT2D eigenvalue weighted by atomic mass is 79.9. The Hall–Kier alpha value is -3.92. The van der Waals surface area contributed by atoms with Gasteiger partial charge in [0.25, 0.3) is 0 Å². The van der Waals surface area contributed by atoms with Gasteiger partial charge in [-0.1, -0.05) is 94.8 Å². The van der Waals surface area contributed by atoms with Gasteiger partial charge in [-0.25, -0.2) is 0 Å². The molecule has 1 unspecified atom stereocenters. The van der Waals surface area contributed by atoms with Crippen molar-refractivity contribution < 1.29 is 4.42 Å². The van der Waals surface area contributed by atoms with Crippen molar-refractivity contribution >= 4 is 80.1 Å². The van der Waals surface area contributed by atoms with E-state index in [4.69, 9.17) is 4.42 Å². The van der Waals surface area contributed by atoms with E-state index in [-0.39, 0.29) is 5.92 Å². The average molecular weight is 570 g/mol. The van der Waals surface area contributed by atoms with E-state index in [0.717, 1.165) is 26.4 Å². The molecule has 6 aromatic carbocycles. The molecule has 0 saturated heterocycles. The minimum absolute atomic E-state index is 0.0759. The first-order valence-corrected chi connectivity index (χ1v) is 14.3. The highest BCUT2D eigenvalue weighted by molar-refractivity contribution is 9.10. The van der Waals surface area contributed by atoms with Gasteiger partial charge >= 0.3 is 0 Å². The van der Waals surface area contributed by atoms with Gasteiger partial charge in [-0.3, -0.25) is 0 Å². The first-order chi connectivity index (χ1) is 18.7. The summed E-state index contributed by atoms with van der Waals surface area (Å²) < 4.78 is 10.0. The highest BCUT2D eigenvalue weighted by Gasteiger charge is 2.20. The Kier molecular flexibility index (Phi) is 4.98. The predicted molar refractivity (Wildman–Crippen MR) is 166 cm³/mol. The highest BCUT2D eigenvalue weighted by Crippen LogP contribution is 2.41.